The Balaban J connectivity index is 2.40. The minimum Gasteiger partial charge on any atom is -0.267 e. The van der Waals surface area contributed by atoms with Gasteiger partial charge in [0, 0.05) is 11.8 Å². The molecule has 0 spiro atoms. The summed E-state index contributed by atoms with van der Waals surface area (Å²) in [4.78, 5) is 0. The molecule has 90 valence electrons. The minimum absolute atomic E-state index is 0.0344. The van der Waals surface area contributed by atoms with Gasteiger partial charge >= 0.3 is 0 Å². The van der Waals surface area contributed by atoms with Gasteiger partial charge in [-0.25, -0.2) is 4.39 Å². The summed E-state index contributed by atoms with van der Waals surface area (Å²) >= 11 is 0. The fraction of sp³-hybridized carbons (Fsp3) is 0.357. The number of aryl methyl sites for hydroxylation is 1. The lowest BCUT2D eigenvalue weighted by molar-refractivity contribution is 0.356. The Bertz CT molecular complexity index is 535. The van der Waals surface area contributed by atoms with Crippen LogP contribution in [0.15, 0.2) is 30.5 Å². The van der Waals surface area contributed by atoms with Crippen LogP contribution in [0.25, 0.3) is 11.3 Å². The molecule has 0 radical (unpaired) electrons. The molecule has 2 nitrogen and oxygen atoms in total. The molecule has 0 fully saturated rings. The summed E-state index contributed by atoms with van der Waals surface area (Å²) in [5.74, 6) is -0.177. The van der Waals surface area contributed by atoms with E-state index in [1.54, 1.807) is 13.0 Å². The zero-order chi connectivity index (χ0) is 12.6. The van der Waals surface area contributed by atoms with E-state index in [-0.39, 0.29) is 11.4 Å². The van der Waals surface area contributed by atoms with Crippen molar-refractivity contribution < 1.29 is 4.39 Å². The molecule has 2 rings (SSSR count). The van der Waals surface area contributed by atoms with E-state index in [0.717, 1.165) is 11.3 Å². The zero-order valence-electron chi connectivity index (χ0n) is 10.7. The molecule has 0 saturated carbocycles. The third-order valence-electron chi connectivity index (χ3n) is 2.73. The van der Waals surface area contributed by atoms with Crippen molar-refractivity contribution in [1.29, 1.82) is 0 Å². The van der Waals surface area contributed by atoms with E-state index in [0.29, 0.717) is 5.56 Å². The summed E-state index contributed by atoms with van der Waals surface area (Å²) in [5.41, 5.74) is 2.44. The smallest absolute Gasteiger partial charge is 0.126 e. The minimum atomic E-state index is -0.177. The summed E-state index contributed by atoms with van der Waals surface area (Å²) in [7, 11) is 0. The third-order valence-corrected chi connectivity index (χ3v) is 2.73. The molecule has 0 N–H and O–H groups in total. The number of hydrogen-bond donors (Lipinski definition) is 0. The van der Waals surface area contributed by atoms with Crippen molar-refractivity contribution in [2.75, 3.05) is 0 Å². The van der Waals surface area contributed by atoms with Crippen molar-refractivity contribution in [3.63, 3.8) is 0 Å². The Hall–Kier alpha value is -1.64. The van der Waals surface area contributed by atoms with Crippen LogP contribution in [0.5, 0.6) is 0 Å². The quantitative estimate of drug-likeness (QED) is 0.732. The van der Waals surface area contributed by atoms with E-state index in [9.17, 15) is 4.39 Å². The van der Waals surface area contributed by atoms with Crippen molar-refractivity contribution in [2.24, 2.45) is 0 Å². The van der Waals surface area contributed by atoms with E-state index >= 15 is 0 Å². The van der Waals surface area contributed by atoms with Crippen molar-refractivity contribution in [3.05, 3.63) is 41.8 Å². The molecule has 1 heterocycles. The van der Waals surface area contributed by atoms with E-state index in [4.69, 9.17) is 0 Å². The van der Waals surface area contributed by atoms with Crippen molar-refractivity contribution in [3.8, 4) is 11.3 Å². The molecule has 0 amide bonds. The predicted molar refractivity (Wildman–Crippen MR) is 67.4 cm³/mol. The molecule has 0 saturated heterocycles. The molecular formula is C14H17FN2. The lowest BCUT2D eigenvalue weighted by Crippen LogP contribution is -2.22. The summed E-state index contributed by atoms with van der Waals surface area (Å²) in [6.07, 6.45) is 1.95. The standard InChI is InChI=1S/C14H17FN2/c1-10-9-11(5-6-12(10)15)13-7-8-17(16-13)14(2,3)4/h5-9H,1-4H3. The van der Waals surface area contributed by atoms with Crippen LogP contribution in [0.1, 0.15) is 26.3 Å². The fourth-order valence-corrected chi connectivity index (χ4v) is 1.66. The molecule has 0 aliphatic carbocycles. The van der Waals surface area contributed by atoms with Crippen molar-refractivity contribution >= 4 is 0 Å². The number of hydrogen-bond acceptors (Lipinski definition) is 1. The first-order valence-electron chi connectivity index (χ1n) is 5.70. The van der Waals surface area contributed by atoms with Crippen LogP contribution in [-0.4, -0.2) is 9.78 Å². The molecule has 2 aromatic rings. The van der Waals surface area contributed by atoms with Gasteiger partial charge in [0.1, 0.15) is 5.82 Å². The van der Waals surface area contributed by atoms with Gasteiger partial charge in [0.05, 0.1) is 11.2 Å². The van der Waals surface area contributed by atoms with Crippen molar-refractivity contribution in [2.45, 2.75) is 33.2 Å². The Labute approximate surface area is 101 Å². The largest absolute Gasteiger partial charge is 0.267 e. The van der Waals surface area contributed by atoms with Crippen LogP contribution in [0.3, 0.4) is 0 Å². The van der Waals surface area contributed by atoms with Gasteiger partial charge < -0.3 is 0 Å². The average Bonchev–Trinajstić information content (AvgIpc) is 2.70. The van der Waals surface area contributed by atoms with E-state index < -0.39 is 0 Å². The second-order valence-electron chi connectivity index (χ2n) is 5.28. The number of nitrogens with zero attached hydrogens (tertiary/aromatic N) is 2. The molecule has 1 aromatic heterocycles. The SMILES string of the molecule is Cc1cc(-c2ccn(C(C)(C)C)n2)ccc1F. The Morgan fingerprint density at radius 2 is 1.88 bits per heavy atom. The van der Waals surface area contributed by atoms with E-state index in [1.165, 1.54) is 6.07 Å². The summed E-state index contributed by atoms with van der Waals surface area (Å²) in [6, 6.07) is 7.03. The molecule has 1 aromatic carbocycles. The highest BCUT2D eigenvalue weighted by Crippen LogP contribution is 2.22. The highest BCUT2D eigenvalue weighted by Gasteiger charge is 2.14. The van der Waals surface area contributed by atoms with Gasteiger partial charge in [0.25, 0.3) is 0 Å². The van der Waals surface area contributed by atoms with Gasteiger partial charge in [0.15, 0.2) is 0 Å². The number of rotatable bonds is 1. The van der Waals surface area contributed by atoms with Crippen LogP contribution in [0, 0.1) is 12.7 Å². The summed E-state index contributed by atoms with van der Waals surface area (Å²) in [6.45, 7) is 8.05. The molecule has 0 unspecified atom stereocenters. The van der Waals surface area contributed by atoms with Gasteiger partial charge in [-0.05, 0) is 57.5 Å². The highest BCUT2D eigenvalue weighted by molar-refractivity contribution is 5.59. The van der Waals surface area contributed by atoms with E-state index in [2.05, 4.69) is 25.9 Å². The molecule has 0 bridgehead atoms. The fourth-order valence-electron chi connectivity index (χ4n) is 1.66. The first-order valence-corrected chi connectivity index (χ1v) is 5.70. The third kappa shape index (κ3) is 2.38. The second kappa shape index (κ2) is 3.99. The van der Waals surface area contributed by atoms with Crippen molar-refractivity contribution in [1.82, 2.24) is 9.78 Å². The number of benzene rings is 1. The molecule has 0 aliphatic heterocycles. The second-order valence-corrected chi connectivity index (χ2v) is 5.28. The van der Waals surface area contributed by atoms with Gasteiger partial charge in [-0.1, -0.05) is 0 Å². The summed E-state index contributed by atoms with van der Waals surface area (Å²) in [5, 5.41) is 4.52. The number of halogens is 1. The first kappa shape index (κ1) is 11.8. The maximum Gasteiger partial charge on any atom is 0.126 e. The van der Waals surface area contributed by atoms with Crippen LogP contribution in [-0.2, 0) is 5.54 Å². The van der Waals surface area contributed by atoms with Crippen LogP contribution >= 0.6 is 0 Å². The zero-order valence-corrected chi connectivity index (χ0v) is 10.7. The van der Waals surface area contributed by atoms with Crippen LogP contribution < -0.4 is 0 Å². The monoisotopic (exact) mass is 232 g/mol. The Morgan fingerprint density at radius 1 is 1.18 bits per heavy atom. The number of aromatic nitrogens is 2. The first-order chi connectivity index (χ1) is 7.88. The molecule has 0 atom stereocenters. The molecule has 17 heavy (non-hydrogen) atoms. The van der Waals surface area contributed by atoms with Gasteiger partial charge in [-0.3, -0.25) is 4.68 Å². The molecular weight excluding hydrogens is 215 g/mol. The van der Waals surface area contributed by atoms with Gasteiger partial charge in [-0.15, -0.1) is 0 Å². The maximum absolute atomic E-state index is 13.2. The van der Waals surface area contributed by atoms with Gasteiger partial charge in [0.2, 0.25) is 0 Å². The topological polar surface area (TPSA) is 17.8 Å². The predicted octanol–water partition coefficient (Wildman–Crippen LogP) is 3.75. The Kier molecular flexibility index (Phi) is 2.77. The van der Waals surface area contributed by atoms with Crippen LogP contribution in [0.4, 0.5) is 4.39 Å². The maximum atomic E-state index is 13.2. The summed E-state index contributed by atoms with van der Waals surface area (Å²) < 4.78 is 15.1. The molecule has 3 heteroatoms. The highest BCUT2D eigenvalue weighted by atomic mass is 19.1. The lowest BCUT2D eigenvalue weighted by atomic mass is 10.1. The molecule has 0 aliphatic rings. The van der Waals surface area contributed by atoms with Crippen LogP contribution in [0.2, 0.25) is 0 Å². The van der Waals surface area contributed by atoms with E-state index in [1.807, 2.05) is 23.0 Å². The average molecular weight is 232 g/mol. The normalized spacial score (nSPS) is 11.8. The Morgan fingerprint density at radius 3 is 2.41 bits per heavy atom. The lowest BCUT2D eigenvalue weighted by Gasteiger charge is -2.18. The van der Waals surface area contributed by atoms with Gasteiger partial charge in [-0.2, -0.15) is 5.10 Å².